The van der Waals surface area contributed by atoms with E-state index in [0.29, 0.717) is 21.8 Å². The number of rotatable bonds is 5. The van der Waals surface area contributed by atoms with Gasteiger partial charge >= 0.3 is 0 Å². The lowest BCUT2D eigenvalue weighted by Crippen LogP contribution is -2.22. The molecule has 2 rings (SSSR count). The first-order chi connectivity index (χ1) is 9.95. The maximum absolute atomic E-state index is 6.12. The molecule has 0 unspecified atom stereocenters. The van der Waals surface area contributed by atoms with Gasteiger partial charge in [0.25, 0.3) is 0 Å². The number of nitrogens with one attached hydrogen (secondary N) is 1. The van der Waals surface area contributed by atoms with Crippen LogP contribution in [0.15, 0.2) is 36.4 Å². The molecular weight excluding hydrogens is 305 g/mol. The van der Waals surface area contributed by atoms with Crippen LogP contribution in [0.4, 0.5) is 0 Å². The average Bonchev–Trinajstić information content (AvgIpc) is 2.41. The van der Waals surface area contributed by atoms with Gasteiger partial charge in [-0.15, -0.1) is 0 Å². The maximum atomic E-state index is 6.12. The zero-order chi connectivity index (χ0) is 15.4. The Bertz CT molecular complexity index is 626. The van der Waals surface area contributed by atoms with Crippen LogP contribution in [0, 0.1) is 6.92 Å². The van der Waals surface area contributed by atoms with Crippen molar-refractivity contribution in [3.8, 4) is 11.5 Å². The second-order valence-corrected chi connectivity index (χ2v) is 6.14. The molecule has 0 aliphatic carbocycles. The van der Waals surface area contributed by atoms with Crippen molar-refractivity contribution in [2.45, 2.75) is 33.4 Å². The highest BCUT2D eigenvalue weighted by Crippen LogP contribution is 2.32. The summed E-state index contributed by atoms with van der Waals surface area (Å²) in [4.78, 5) is 0. The van der Waals surface area contributed by atoms with E-state index in [0.717, 1.165) is 12.3 Å². The molecule has 0 spiro atoms. The summed E-state index contributed by atoms with van der Waals surface area (Å²) in [5, 5.41) is 4.51. The topological polar surface area (TPSA) is 21.3 Å². The van der Waals surface area contributed by atoms with Crippen LogP contribution in [0.5, 0.6) is 11.5 Å². The summed E-state index contributed by atoms with van der Waals surface area (Å²) in [6.07, 6.45) is 0. The first-order valence-corrected chi connectivity index (χ1v) is 7.67. The molecule has 0 saturated heterocycles. The summed E-state index contributed by atoms with van der Waals surface area (Å²) in [6, 6.07) is 11.7. The first kappa shape index (κ1) is 16.2. The van der Waals surface area contributed by atoms with Gasteiger partial charge in [-0.2, -0.15) is 0 Å². The molecule has 1 N–H and O–H groups in total. The van der Waals surface area contributed by atoms with Gasteiger partial charge < -0.3 is 10.1 Å². The van der Waals surface area contributed by atoms with Crippen LogP contribution in [0.2, 0.25) is 10.0 Å². The summed E-state index contributed by atoms with van der Waals surface area (Å²) in [5.74, 6) is 1.37. The Labute approximate surface area is 136 Å². The molecule has 0 heterocycles. The predicted octanol–water partition coefficient (Wildman–Crippen LogP) is 5.59. The molecule has 2 nitrogen and oxygen atoms in total. The molecule has 4 heteroatoms. The van der Waals surface area contributed by atoms with Crippen LogP contribution in [0.3, 0.4) is 0 Å². The van der Waals surface area contributed by atoms with Gasteiger partial charge in [0.1, 0.15) is 11.5 Å². The lowest BCUT2D eigenvalue weighted by atomic mass is 10.1. The number of ether oxygens (including phenoxy) is 1. The van der Waals surface area contributed by atoms with Crippen molar-refractivity contribution in [3.05, 3.63) is 57.6 Å². The maximum Gasteiger partial charge on any atom is 0.146 e. The Morgan fingerprint density at radius 3 is 2.48 bits per heavy atom. The zero-order valence-corrected chi connectivity index (χ0v) is 13.9. The van der Waals surface area contributed by atoms with Gasteiger partial charge in [-0.3, -0.25) is 0 Å². The minimum atomic E-state index is 0.466. The van der Waals surface area contributed by atoms with Crippen molar-refractivity contribution in [2.24, 2.45) is 0 Å². The second-order valence-electron chi connectivity index (χ2n) is 5.30. The molecule has 0 radical (unpaired) electrons. The summed E-state index contributed by atoms with van der Waals surface area (Å²) < 4.78 is 5.81. The number of hydrogen-bond acceptors (Lipinski definition) is 2. The van der Waals surface area contributed by atoms with E-state index >= 15 is 0 Å². The molecule has 0 aliphatic heterocycles. The van der Waals surface area contributed by atoms with Crippen LogP contribution in [-0.2, 0) is 6.54 Å². The zero-order valence-electron chi connectivity index (χ0n) is 12.4. The summed E-state index contributed by atoms with van der Waals surface area (Å²) in [6.45, 7) is 7.20. The van der Waals surface area contributed by atoms with Crippen LogP contribution in [0.25, 0.3) is 0 Å². The molecule has 0 aliphatic rings. The van der Waals surface area contributed by atoms with E-state index < -0.39 is 0 Å². The van der Waals surface area contributed by atoms with Gasteiger partial charge in [-0.1, -0.05) is 43.1 Å². The Morgan fingerprint density at radius 2 is 1.86 bits per heavy atom. The average molecular weight is 324 g/mol. The fourth-order valence-corrected chi connectivity index (χ4v) is 2.38. The largest absolute Gasteiger partial charge is 0.456 e. The van der Waals surface area contributed by atoms with Gasteiger partial charge in [-0.05, 0) is 48.4 Å². The van der Waals surface area contributed by atoms with Gasteiger partial charge in [0, 0.05) is 17.6 Å². The highest BCUT2D eigenvalue weighted by Gasteiger charge is 2.06. The van der Waals surface area contributed by atoms with E-state index in [9.17, 15) is 0 Å². The summed E-state index contributed by atoms with van der Waals surface area (Å²) >= 11 is 12.0. The Kier molecular flexibility index (Phi) is 5.51. The highest BCUT2D eigenvalue weighted by atomic mass is 35.5. The third-order valence-electron chi connectivity index (χ3n) is 3.14. The van der Waals surface area contributed by atoms with Gasteiger partial charge in [-0.25, -0.2) is 0 Å². The molecule has 0 atom stereocenters. The molecule has 0 amide bonds. The first-order valence-electron chi connectivity index (χ1n) is 6.91. The van der Waals surface area contributed by atoms with E-state index in [1.54, 1.807) is 18.2 Å². The number of aryl methyl sites for hydroxylation is 1. The monoisotopic (exact) mass is 323 g/mol. The lowest BCUT2D eigenvalue weighted by Gasteiger charge is -2.13. The number of halogens is 2. The Hall–Kier alpha value is -1.22. The fraction of sp³-hybridized carbons (Fsp3) is 0.294. The third-order valence-corrected chi connectivity index (χ3v) is 3.67. The second kappa shape index (κ2) is 7.17. The van der Waals surface area contributed by atoms with E-state index in [2.05, 4.69) is 32.2 Å². The smallest absolute Gasteiger partial charge is 0.146 e. The van der Waals surface area contributed by atoms with E-state index in [4.69, 9.17) is 27.9 Å². The lowest BCUT2D eigenvalue weighted by molar-refractivity contribution is 0.482. The molecule has 0 saturated carbocycles. The molecule has 2 aromatic rings. The quantitative estimate of drug-likeness (QED) is 0.774. The van der Waals surface area contributed by atoms with Gasteiger partial charge in [0.05, 0.1) is 5.02 Å². The van der Waals surface area contributed by atoms with Crippen molar-refractivity contribution in [1.82, 2.24) is 5.32 Å². The van der Waals surface area contributed by atoms with Crippen LogP contribution < -0.4 is 10.1 Å². The fourth-order valence-electron chi connectivity index (χ4n) is 1.93. The molecule has 112 valence electrons. The van der Waals surface area contributed by atoms with E-state index in [1.165, 1.54) is 11.1 Å². The van der Waals surface area contributed by atoms with Gasteiger partial charge in [0.2, 0.25) is 0 Å². The minimum Gasteiger partial charge on any atom is -0.456 e. The third kappa shape index (κ3) is 4.63. The van der Waals surface area contributed by atoms with Crippen LogP contribution >= 0.6 is 23.2 Å². The van der Waals surface area contributed by atoms with E-state index in [1.807, 2.05) is 12.1 Å². The normalized spacial score (nSPS) is 11.0. The van der Waals surface area contributed by atoms with E-state index in [-0.39, 0.29) is 0 Å². The van der Waals surface area contributed by atoms with Crippen molar-refractivity contribution < 1.29 is 4.74 Å². The highest BCUT2D eigenvalue weighted by molar-refractivity contribution is 6.35. The Balaban J connectivity index is 2.12. The van der Waals surface area contributed by atoms with Crippen molar-refractivity contribution in [1.29, 1.82) is 0 Å². The molecule has 0 aromatic heterocycles. The predicted molar refractivity (Wildman–Crippen MR) is 89.7 cm³/mol. The molecule has 21 heavy (non-hydrogen) atoms. The summed E-state index contributed by atoms with van der Waals surface area (Å²) in [7, 11) is 0. The number of benzene rings is 2. The molecule has 0 fully saturated rings. The van der Waals surface area contributed by atoms with Crippen molar-refractivity contribution in [2.75, 3.05) is 0 Å². The molecule has 2 aromatic carbocycles. The van der Waals surface area contributed by atoms with Crippen LogP contribution in [0.1, 0.15) is 25.0 Å². The Morgan fingerprint density at radius 1 is 1.10 bits per heavy atom. The minimum absolute atomic E-state index is 0.466. The SMILES string of the molecule is Cc1cc(Oc2ccc(Cl)cc2Cl)ccc1CNC(C)C. The molecule has 0 bridgehead atoms. The summed E-state index contributed by atoms with van der Waals surface area (Å²) in [5.41, 5.74) is 2.45. The number of hydrogen-bond donors (Lipinski definition) is 1. The van der Waals surface area contributed by atoms with Crippen LogP contribution in [-0.4, -0.2) is 6.04 Å². The molecular formula is C17H19Cl2NO. The van der Waals surface area contributed by atoms with Crippen molar-refractivity contribution >= 4 is 23.2 Å². The van der Waals surface area contributed by atoms with Gasteiger partial charge in [0.15, 0.2) is 0 Å². The standard InChI is InChI=1S/C17H19Cl2NO/c1-11(2)20-10-13-4-6-15(8-12(13)3)21-17-7-5-14(18)9-16(17)19/h4-9,11,20H,10H2,1-3H3. The van der Waals surface area contributed by atoms with Crippen molar-refractivity contribution in [3.63, 3.8) is 0 Å².